The van der Waals surface area contributed by atoms with Crippen LogP contribution in [-0.4, -0.2) is 16.6 Å². The molecule has 1 aromatic heterocycles. The first kappa shape index (κ1) is 13.1. The van der Waals surface area contributed by atoms with Crippen molar-refractivity contribution in [2.45, 2.75) is 32.4 Å². The molecule has 0 bridgehead atoms. The maximum absolute atomic E-state index is 11.6. The van der Waals surface area contributed by atoms with Gasteiger partial charge in [-0.15, -0.1) is 0 Å². The summed E-state index contributed by atoms with van der Waals surface area (Å²) in [6.07, 6.45) is 1.60. The Kier molecular flexibility index (Phi) is 4.04. The quantitative estimate of drug-likeness (QED) is 0.847. The minimum Gasteiger partial charge on any atom is -0.459 e. The lowest BCUT2D eigenvalue weighted by Crippen LogP contribution is -2.32. The average molecular weight is 287 g/mol. The van der Waals surface area contributed by atoms with Crippen LogP contribution in [0.25, 0.3) is 0 Å². The zero-order chi connectivity index (χ0) is 12.3. The molecule has 2 N–H and O–H groups in total. The number of ether oxygens (including phenoxy) is 1. The molecular weight excluding hydrogens is 272 g/mol. The predicted molar refractivity (Wildman–Crippen MR) is 64.7 cm³/mol. The highest BCUT2D eigenvalue weighted by molar-refractivity contribution is 9.10. The molecule has 1 atom stereocenters. The number of nitrogens with two attached hydrogens (primary N) is 1. The number of halogens is 1. The normalized spacial score (nSPS) is 13.3. The number of rotatable bonds is 2. The monoisotopic (exact) mass is 286 g/mol. The van der Waals surface area contributed by atoms with E-state index >= 15 is 0 Å². The summed E-state index contributed by atoms with van der Waals surface area (Å²) >= 11 is 3.26. The van der Waals surface area contributed by atoms with Gasteiger partial charge in [0.25, 0.3) is 0 Å². The number of pyridine rings is 1. The third-order valence-electron chi connectivity index (χ3n) is 1.73. The Bertz CT molecular complexity index is 371. The van der Waals surface area contributed by atoms with Gasteiger partial charge < -0.3 is 10.5 Å². The molecule has 0 radical (unpaired) electrons. The first-order valence-corrected chi connectivity index (χ1v) is 5.69. The fraction of sp³-hybridized carbons (Fsp3) is 0.455. The molecule has 5 heteroatoms. The maximum atomic E-state index is 11.6. The van der Waals surface area contributed by atoms with Gasteiger partial charge >= 0.3 is 5.97 Å². The van der Waals surface area contributed by atoms with Crippen molar-refractivity contribution in [3.8, 4) is 0 Å². The van der Waals surface area contributed by atoms with Crippen molar-refractivity contribution in [2.75, 3.05) is 0 Å². The van der Waals surface area contributed by atoms with Crippen molar-refractivity contribution < 1.29 is 9.53 Å². The van der Waals surface area contributed by atoms with Crippen LogP contribution >= 0.6 is 15.9 Å². The first-order valence-electron chi connectivity index (χ1n) is 4.89. The van der Waals surface area contributed by atoms with Gasteiger partial charge in [0.15, 0.2) is 0 Å². The van der Waals surface area contributed by atoms with Crippen LogP contribution in [0.15, 0.2) is 22.8 Å². The van der Waals surface area contributed by atoms with E-state index in [0.29, 0.717) is 5.69 Å². The van der Waals surface area contributed by atoms with Gasteiger partial charge in [-0.05, 0) is 48.8 Å². The van der Waals surface area contributed by atoms with Crippen molar-refractivity contribution in [1.82, 2.24) is 4.98 Å². The van der Waals surface area contributed by atoms with Crippen LogP contribution in [0.5, 0.6) is 0 Å². The highest BCUT2D eigenvalue weighted by atomic mass is 79.9. The fourth-order valence-corrected chi connectivity index (χ4v) is 1.29. The molecule has 0 aromatic carbocycles. The van der Waals surface area contributed by atoms with Crippen molar-refractivity contribution in [3.05, 3.63) is 28.5 Å². The van der Waals surface area contributed by atoms with Crippen LogP contribution in [0, 0.1) is 0 Å². The van der Waals surface area contributed by atoms with Gasteiger partial charge in [-0.25, -0.2) is 4.79 Å². The van der Waals surface area contributed by atoms with E-state index in [9.17, 15) is 4.79 Å². The Labute approximate surface area is 103 Å². The lowest BCUT2D eigenvalue weighted by molar-refractivity contribution is -0.156. The second-order valence-corrected chi connectivity index (χ2v) is 5.33. The summed E-state index contributed by atoms with van der Waals surface area (Å²) in [6.45, 7) is 5.39. The Morgan fingerprint density at radius 2 is 2.12 bits per heavy atom. The molecule has 0 amide bonds. The summed E-state index contributed by atoms with van der Waals surface area (Å²) in [7, 11) is 0. The fourth-order valence-electron chi connectivity index (χ4n) is 1.06. The van der Waals surface area contributed by atoms with E-state index in [2.05, 4.69) is 20.9 Å². The molecule has 4 nitrogen and oxygen atoms in total. The lowest BCUT2D eigenvalue weighted by atomic mass is 10.1. The summed E-state index contributed by atoms with van der Waals surface area (Å²) in [5.74, 6) is -0.470. The number of hydrogen-bond donors (Lipinski definition) is 1. The van der Waals surface area contributed by atoms with E-state index < -0.39 is 17.6 Å². The van der Waals surface area contributed by atoms with E-state index in [1.54, 1.807) is 39.1 Å². The van der Waals surface area contributed by atoms with Crippen molar-refractivity contribution in [2.24, 2.45) is 5.73 Å². The zero-order valence-corrected chi connectivity index (χ0v) is 11.1. The zero-order valence-electron chi connectivity index (χ0n) is 9.53. The van der Waals surface area contributed by atoms with Gasteiger partial charge in [0.1, 0.15) is 11.6 Å². The molecule has 0 unspecified atom stereocenters. The molecule has 88 valence electrons. The SMILES string of the molecule is CC(C)(C)OC(=O)[C@H](N)c1ccc(Br)cn1. The summed E-state index contributed by atoms with van der Waals surface area (Å²) in [5, 5.41) is 0. The largest absolute Gasteiger partial charge is 0.459 e. The highest BCUT2D eigenvalue weighted by Gasteiger charge is 2.24. The molecule has 0 spiro atoms. The molecule has 0 fully saturated rings. The maximum Gasteiger partial charge on any atom is 0.329 e. The Hall–Kier alpha value is -0.940. The number of carbonyl (C=O) groups is 1. The number of nitrogens with zero attached hydrogens (tertiary/aromatic N) is 1. The van der Waals surface area contributed by atoms with Crippen LogP contribution in [-0.2, 0) is 9.53 Å². The molecule has 0 aliphatic carbocycles. The second kappa shape index (κ2) is 4.93. The van der Waals surface area contributed by atoms with Crippen molar-refractivity contribution in [1.29, 1.82) is 0 Å². The minimum atomic E-state index is -0.840. The van der Waals surface area contributed by atoms with Crippen LogP contribution < -0.4 is 5.73 Å². The molecule has 0 aliphatic rings. The molecule has 1 heterocycles. The average Bonchev–Trinajstić information content (AvgIpc) is 2.15. The van der Waals surface area contributed by atoms with Gasteiger partial charge in [-0.2, -0.15) is 0 Å². The number of esters is 1. The van der Waals surface area contributed by atoms with Crippen LogP contribution in [0.2, 0.25) is 0 Å². The molecule has 0 aliphatic heterocycles. The van der Waals surface area contributed by atoms with Crippen LogP contribution in [0.3, 0.4) is 0 Å². The molecular formula is C11H15BrN2O2. The molecule has 0 saturated heterocycles. The van der Waals surface area contributed by atoms with Crippen molar-refractivity contribution >= 4 is 21.9 Å². The summed E-state index contributed by atoms with van der Waals surface area (Å²) in [5.41, 5.74) is 5.70. The number of hydrogen-bond acceptors (Lipinski definition) is 4. The molecule has 0 saturated carbocycles. The van der Waals surface area contributed by atoms with E-state index in [1.807, 2.05) is 0 Å². The Balaban J connectivity index is 2.74. The topological polar surface area (TPSA) is 65.2 Å². The van der Waals surface area contributed by atoms with Crippen LogP contribution in [0.4, 0.5) is 0 Å². The van der Waals surface area contributed by atoms with Gasteiger partial charge in [0.2, 0.25) is 0 Å². The third kappa shape index (κ3) is 3.90. The highest BCUT2D eigenvalue weighted by Crippen LogP contribution is 2.16. The van der Waals surface area contributed by atoms with Gasteiger partial charge in [-0.1, -0.05) is 0 Å². The van der Waals surface area contributed by atoms with E-state index in [1.165, 1.54) is 0 Å². The standard InChI is InChI=1S/C11H15BrN2O2/c1-11(2,3)16-10(15)9(13)8-5-4-7(12)6-14-8/h4-6,9H,13H2,1-3H3/t9-/m1/s1. The van der Waals surface area contributed by atoms with Gasteiger partial charge in [0.05, 0.1) is 5.69 Å². The van der Waals surface area contributed by atoms with Crippen molar-refractivity contribution in [3.63, 3.8) is 0 Å². The van der Waals surface area contributed by atoms with Crippen LogP contribution in [0.1, 0.15) is 32.5 Å². The summed E-state index contributed by atoms with van der Waals surface area (Å²) < 4.78 is 6.01. The van der Waals surface area contributed by atoms with E-state index in [-0.39, 0.29) is 0 Å². The van der Waals surface area contributed by atoms with Gasteiger partial charge in [-0.3, -0.25) is 4.98 Å². The summed E-state index contributed by atoms with van der Waals surface area (Å²) in [6, 6.07) is 2.64. The lowest BCUT2D eigenvalue weighted by Gasteiger charge is -2.21. The predicted octanol–water partition coefficient (Wildman–Crippen LogP) is 2.19. The van der Waals surface area contributed by atoms with E-state index in [4.69, 9.17) is 10.5 Å². The Morgan fingerprint density at radius 1 is 1.50 bits per heavy atom. The molecule has 1 aromatic rings. The number of aromatic nitrogens is 1. The second-order valence-electron chi connectivity index (χ2n) is 4.41. The smallest absolute Gasteiger partial charge is 0.329 e. The molecule has 1 rings (SSSR count). The third-order valence-corrected chi connectivity index (χ3v) is 2.20. The Morgan fingerprint density at radius 3 is 2.56 bits per heavy atom. The number of carbonyl (C=O) groups excluding carboxylic acids is 1. The van der Waals surface area contributed by atoms with E-state index in [0.717, 1.165) is 4.47 Å². The summed E-state index contributed by atoms with van der Waals surface area (Å²) in [4.78, 5) is 15.7. The molecule has 16 heavy (non-hydrogen) atoms. The minimum absolute atomic E-state index is 0.470. The van der Waals surface area contributed by atoms with Gasteiger partial charge in [0, 0.05) is 10.7 Å². The first-order chi connectivity index (χ1) is 7.29.